The summed E-state index contributed by atoms with van der Waals surface area (Å²) < 4.78 is 6.39. The highest BCUT2D eigenvalue weighted by Crippen LogP contribution is 2.23. The van der Waals surface area contributed by atoms with Crippen LogP contribution in [0.2, 0.25) is 0 Å². The third-order valence-corrected chi connectivity index (χ3v) is 3.94. The van der Waals surface area contributed by atoms with Crippen molar-refractivity contribution in [2.75, 3.05) is 7.11 Å². The summed E-state index contributed by atoms with van der Waals surface area (Å²) >= 11 is 3.52. The first-order valence-corrected chi connectivity index (χ1v) is 7.55. The number of methoxy groups -OCH3 is 1. The van der Waals surface area contributed by atoms with E-state index in [9.17, 15) is 0 Å². The van der Waals surface area contributed by atoms with Crippen molar-refractivity contribution in [1.29, 1.82) is 0 Å². The molecule has 2 aromatic carbocycles. The van der Waals surface area contributed by atoms with Crippen molar-refractivity contribution in [2.24, 2.45) is 0 Å². The molecular weight excluding hydrogens is 314 g/mol. The summed E-state index contributed by atoms with van der Waals surface area (Å²) in [5.74, 6) is 0.895. The fraction of sp³-hybridized carbons (Fsp3) is 0.294. The number of hydrogen-bond donors (Lipinski definition) is 1. The third kappa shape index (κ3) is 3.84. The van der Waals surface area contributed by atoms with Gasteiger partial charge in [0.25, 0.3) is 0 Å². The van der Waals surface area contributed by atoms with Crippen molar-refractivity contribution < 1.29 is 4.74 Å². The lowest BCUT2D eigenvalue weighted by Crippen LogP contribution is -2.22. The molecule has 0 bridgehead atoms. The molecule has 0 saturated carbocycles. The van der Waals surface area contributed by atoms with Crippen molar-refractivity contribution in [2.45, 2.75) is 25.9 Å². The van der Waals surface area contributed by atoms with Crippen molar-refractivity contribution in [3.63, 3.8) is 0 Å². The van der Waals surface area contributed by atoms with Gasteiger partial charge in [0.05, 0.1) is 7.11 Å². The minimum absolute atomic E-state index is 0.263. The normalized spacial score (nSPS) is 13.8. The van der Waals surface area contributed by atoms with Gasteiger partial charge >= 0.3 is 0 Å². The molecular formula is C17H20BrNO. The zero-order chi connectivity index (χ0) is 14.5. The standard InChI is InChI=1S/C17H20BrNO/c1-12(14-6-4-8-16(18)10-14)19-13(2)15-7-5-9-17(11-15)20-3/h4-13,19H,1-3H3/t12-,13?/m1/s1. The second-order valence-corrected chi connectivity index (χ2v) is 5.86. The summed E-state index contributed by atoms with van der Waals surface area (Å²) in [4.78, 5) is 0. The zero-order valence-corrected chi connectivity index (χ0v) is 13.6. The SMILES string of the molecule is COc1cccc(C(C)N[C@H](C)c2cccc(Br)c2)c1. The zero-order valence-electron chi connectivity index (χ0n) is 12.1. The molecule has 1 N–H and O–H groups in total. The molecule has 0 aromatic heterocycles. The Morgan fingerprint density at radius 3 is 2.15 bits per heavy atom. The maximum atomic E-state index is 5.28. The molecule has 1 unspecified atom stereocenters. The monoisotopic (exact) mass is 333 g/mol. The van der Waals surface area contributed by atoms with Gasteiger partial charge in [-0.2, -0.15) is 0 Å². The van der Waals surface area contributed by atoms with Crippen molar-refractivity contribution in [3.05, 3.63) is 64.1 Å². The van der Waals surface area contributed by atoms with E-state index in [-0.39, 0.29) is 12.1 Å². The summed E-state index contributed by atoms with van der Waals surface area (Å²) in [6, 6.07) is 17.1. The van der Waals surface area contributed by atoms with Crippen LogP contribution in [0, 0.1) is 0 Å². The van der Waals surface area contributed by atoms with Crippen LogP contribution in [-0.4, -0.2) is 7.11 Å². The average Bonchev–Trinajstić information content (AvgIpc) is 2.47. The minimum atomic E-state index is 0.263. The highest BCUT2D eigenvalue weighted by atomic mass is 79.9. The van der Waals surface area contributed by atoms with Gasteiger partial charge in [-0.3, -0.25) is 0 Å². The molecule has 106 valence electrons. The Kier molecular flexibility index (Phi) is 5.21. The van der Waals surface area contributed by atoms with Crippen LogP contribution in [0.1, 0.15) is 37.1 Å². The molecule has 0 aliphatic heterocycles. The van der Waals surface area contributed by atoms with Gasteiger partial charge in [-0.25, -0.2) is 0 Å². The van der Waals surface area contributed by atoms with Gasteiger partial charge in [-0.15, -0.1) is 0 Å². The molecule has 0 saturated heterocycles. The van der Waals surface area contributed by atoms with Gasteiger partial charge in [0, 0.05) is 16.6 Å². The summed E-state index contributed by atoms with van der Waals surface area (Å²) in [6.45, 7) is 4.35. The van der Waals surface area contributed by atoms with Crippen LogP contribution < -0.4 is 10.1 Å². The Bertz CT molecular complexity index is 570. The fourth-order valence-electron chi connectivity index (χ4n) is 2.25. The van der Waals surface area contributed by atoms with E-state index in [1.165, 1.54) is 11.1 Å². The Labute approximate surface area is 129 Å². The number of ether oxygens (including phenoxy) is 1. The maximum Gasteiger partial charge on any atom is 0.119 e. The highest BCUT2D eigenvalue weighted by molar-refractivity contribution is 9.10. The Morgan fingerprint density at radius 2 is 1.55 bits per heavy atom. The van der Waals surface area contributed by atoms with E-state index >= 15 is 0 Å². The summed E-state index contributed by atoms with van der Waals surface area (Å²) in [7, 11) is 1.70. The minimum Gasteiger partial charge on any atom is -0.497 e. The quantitative estimate of drug-likeness (QED) is 0.842. The van der Waals surface area contributed by atoms with Crippen LogP contribution in [-0.2, 0) is 0 Å². The van der Waals surface area contributed by atoms with Crippen LogP contribution in [0.25, 0.3) is 0 Å². The molecule has 2 atom stereocenters. The van der Waals surface area contributed by atoms with E-state index in [4.69, 9.17) is 4.74 Å². The van der Waals surface area contributed by atoms with Gasteiger partial charge in [0.1, 0.15) is 5.75 Å². The van der Waals surface area contributed by atoms with Crippen LogP contribution in [0.15, 0.2) is 53.0 Å². The van der Waals surface area contributed by atoms with Gasteiger partial charge in [-0.05, 0) is 49.2 Å². The lowest BCUT2D eigenvalue weighted by Gasteiger charge is -2.21. The fourth-order valence-corrected chi connectivity index (χ4v) is 2.67. The number of halogens is 1. The maximum absolute atomic E-state index is 5.28. The number of rotatable bonds is 5. The van der Waals surface area contributed by atoms with Gasteiger partial charge in [0.2, 0.25) is 0 Å². The number of benzene rings is 2. The summed E-state index contributed by atoms with van der Waals surface area (Å²) in [5, 5.41) is 3.61. The first-order valence-electron chi connectivity index (χ1n) is 6.75. The van der Waals surface area contributed by atoms with Crippen molar-refractivity contribution in [3.8, 4) is 5.75 Å². The van der Waals surface area contributed by atoms with Gasteiger partial charge < -0.3 is 10.1 Å². The third-order valence-electron chi connectivity index (χ3n) is 3.44. The largest absolute Gasteiger partial charge is 0.497 e. The predicted octanol–water partition coefficient (Wildman–Crippen LogP) is 4.87. The second-order valence-electron chi connectivity index (χ2n) is 4.94. The van der Waals surface area contributed by atoms with Gasteiger partial charge in [-0.1, -0.05) is 40.2 Å². The molecule has 2 aromatic rings. The van der Waals surface area contributed by atoms with E-state index in [2.05, 4.69) is 65.4 Å². The van der Waals surface area contributed by atoms with E-state index < -0.39 is 0 Å². The first kappa shape index (κ1) is 15.1. The van der Waals surface area contributed by atoms with Crippen LogP contribution in [0.4, 0.5) is 0 Å². The van der Waals surface area contributed by atoms with Crippen LogP contribution in [0.5, 0.6) is 5.75 Å². The summed E-state index contributed by atoms with van der Waals surface area (Å²) in [6.07, 6.45) is 0. The summed E-state index contributed by atoms with van der Waals surface area (Å²) in [5.41, 5.74) is 2.50. The molecule has 0 aliphatic carbocycles. The van der Waals surface area contributed by atoms with Crippen LogP contribution in [0.3, 0.4) is 0 Å². The number of hydrogen-bond acceptors (Lipinski definition) is 2. The lowest BCUT2D eigenvalue weighted by atomic mass is 10.0. The topological polar surface area (TPSA) is 21.3 Å². The average molecular weight is 334 g/mol. The van der Waals surface area contributed by atoms with Crippen molar-refractivity contribution in [1.82, 2.24) is 5.32 Å². The molecule has 0 heterocycles. The molecule has 20 heavy (non-hydrogen) atoms. The first-order chi connectivity index (χ1) is 9.60. The second kappa shape index (κ2) is 6.91. The highest BCUT2D eigenvalue weighted by Gasteiger charge is 2.11. The molecule has 0 fully saturated rings. The Hall–Kier alpha value is -1.32. The Morgan fingerprint density at radius 1 is 0.950 bits per heavy atom. The molecule has 0 aliphatic rings. The molecule has 0 amide bonds. The molecule has 0 spiro atoms. The molecule has 3 heteroatoms. The van der Waals surface area contributed by atoms with E-state index in [0.29, 0.717) is 0 Å². The van der Waals surface area contributed by atoms with E-state index in [1.807, 2.05) is 18.2 Å². The number of nitrogens with one attached hydrogen (secondary N) is 1. The smallest absolute Gasteiger partial charge is 0.119 e. The van der Waals surface area contributed by atoms with E-state index in [0.717, 1.165) is 10.2 Å². The van der Waals surface area contributed by atoms with E-state index in [1.54, 1.807) is 7.11 Å². The van der Waals surface area contributed by atoms with Crippen molar-refractivity contribution >= 4 is 15.9 Å². The Balaban J connectivity index is 2.08. The lowest BCUT2D eigenvalue weighted by molar-refractivity contribution is 0.412. The van der Waals surface area contributed by atoms with Gasteiger partial charge in [0.15, 0.2) is 0 Å². The molecule has 0 radical (unpaired) electrons. The molecule has 2 nitrogen and oxygen atoms in total. The van der Waals surface area contributed by atoms with Crippen LogP contribution >= 0.6 is 15.9 Å². The molecule has 2 rings (SSSR count). The predicted molar refractivity (Wildman–Crippen MR) is 87.1 cm³/mol.